The van der Waals surface area contributed by atoms with Crippen LogP contribution in [0.2, 0.25) is 5.02 Å². The zero-order valence-electron chi connectivity index (χ0n) is 8.53. The summed E-state index contributed by atoms with van der Waals surface area (Å²) in [6.45, 7) is 1.67. The summed E-state index contributed by atoms with van der Waals surface area (Å²) in [6, 6.07) is 8.03. The fraction of sp³-hybridized carbons (Fsp3) is 0.500. The van der Waals surface area contributed by atoms with Crippen molar-refractivity contribution < 1.29 is 4.74 Å². The van der Waals surface area contributed by atoms with Gasteiger partial charge in [-0.15, -0.1) is 0 Å². The van der Waals surface area contributed by atoms with Crippen molar-refractivity contribution in [1.29, 1.82) is 0 Å². The second-order valence-electron chi connectivity index (χ2n) is 4.03. The molecule has 2 rings (SSSR count). The first-order valence-corrected chi connectivity index (χ1v) is 6.15. The van der Waals surface area contributed by atoms with Gasteiger partial charge in [-0.3, -0.25) is 0 Å². The molecule has 0 amide bonds. The van der Waals surface area contributed by atoms with Crippen LogP contribution in [-0.4, -0.2) is 18.5 Å². The van der Waals surface area contributed by atoms with E-state index in [2.05, 4.69) is 18.7 Å². The number of ether oxygens (including phenoxy) is 1. The number of hydrogen-bond acceptors (Lipinski definition) is 2. The monoisotopic (exact) mass is 242 g/mol. The number of thiol groups is 1. The maximum atomic E-state index is 5.95. The molecule has 82 valence electrons. The lowest BCUT2D eigenvalue weighted by molar-refractivity contribution is 0.0596. The Labute approximate surface area is 101 Å². The smallest absolute Gasteiger partial charge is 0.0507 e. The molecule has 15 heavy (non-hydrogen) atoms. The molecule has 1 nitrogen and oxygen atoms in total. The fourth-order valence-electron chi connectivity index (χ4n) is 1.95. The fourth-order valence-corrected chi connectivity index (χ4v) is 2.46. The molecule has 3 heteroatoms. The van der Waals surface area contributed by atoms with Gasteiger partial charge in [-0.05, 0) is 36.5 Å². The molecule has 0 bridgehead atoms. The van der Waals surface area contributed by atoms with Crippen LogP contribution >= 0.6 is 24.2 Å². The van der Waals surface area contributed by atoms with Crippen molar-refractivity contribution in [2.75, 3.05) is 13.2 Å². The molecule has 0 aliphatic carbocycles. The third-order valence-electron chi connectivity index (χ3n) is 2.82. The van der Waals surface area contributed by atoms with E-state index in [1.807, 2.05) is 18.2 Å². The number of hydrogen-bond donors (Lipinski definition) is 1. The highest BCUT2D eigenvalue weighted by atomic mass is 35.5. The SMILES string of the molecule is S[C@@H]1CCOC[C@H]1Cc1cccc(Cl)c1. The van der Waals surface area contributed by atoms with Crippen LogP contribution in [0, 0.1) is 5.92 Å². The highest BCUT2D eigenvalue weighted by molar-refractivity contribution is 7.81. The Morgan fingerprint density at radius 3 is 3.07 bits per heavy atom. The Morgan fingerprint density at radius 1 is 1.47 bits per heavy atom. The normalized spacial score (nSPS) is 26.5. The summed E-state index contributed by atoms with van der Waals surface area (Å²) >= 11 is 10.5. The lowest BCUT2D eigenvalue weighted by atomic mass is 9.94. The second-order valence-corrected chi connectivity index (χ2v) is 5.12. The Morgan fingerprint density at radius 2 is 2.33 bits per heavy atom. The molecular formula is C12H15ClOS. The van der Waals surface area contributed by atoms with Gasteiger partial charge in [0.15, 0.2) is 0 Å². The summed E-state index contributed by atoms with van der Waals surface area (Å²) in [5, 5.41) is 1.26. The molecule has 1 aliphatic heterocycles. The molecule has 1 aliphatic rings. The van der Waals surface area contributed by atoms with Gasteiger partial charge in [-0.25, -0.2) is 0 Å². The maximum absolute atomic E-state index is 5.95. The third-order valence-corrected chi connectivity index (χ3v) is 3.74. The van der Waals surface area contributed by atoms with Crippen molar-refractivity contribution in [3.63, 3.8) is 0 Å². The van der Waals surface area contributed by atoms with Crippen molar-refractivity contribution in [3.05, 3.63) is 34.9 Å². The van der Waals surface area contributed by atoms with E-state index in [1.54, 1.807) is 0 Å². The zero-order valence-corrected chi connectivity index (χ0v) is 10.2. The predicted octanol–water partition coefficient (Wildman–Crippen LogP) is 3.22. The minimum absolute atomic E-state index is 0.456. The Hall–Kier alpha value is -0.180. The van der Waals surface area contributed by atoms with E-state index in [0.717, 1.165) is 31.1 Å². The summed E-state index contributed by atoms with van der Waals surface area (Å²) in [4.78, 5) is 0. The average Bonchev–Trinajstić information content (AvgIpc) is 2.22. The average molecular weight is 243 g/mol. The molecule has 1 heterocycles. The molecule has 2 atom stereocenters. The van der Waals surface area contributed by atoms with Gasteiger partial charge in [0.25, 0.3) is 0 Å². The van der Waals surface area contributed by atoms with Crippen LogP contribution in [0.15, 0.2) is 24.3 Å². The first-order chi connectivity index (χ1) is 7.25. The zero-order chi connectivity index (χ0) is 10.7. The van der Waals surface area contributed by atoms with Crippen molar-refractivity contribution in [2.45, 2.75) is 18.1 Å². The van der Waals surface area contributed by atoms with Crippen LogP contribution in [0.4, 0.5) is 0 Å². The maximum Gasteiger partial charge on any atom is 0.0507 e. The van der Waals surface area contributed by atoms with Crippen LogP contribution in [0.1, 0.15) is 12.0 Å². The van der Waals surface area contributed by atoms with Crippen molar-refractivity contribution in [1.82, 2.24) is 0 Å². The van der Waals surface area contributed by atoms with Crippen LogP contribution in [-0.2, 0) is 11.2 Å². The molecule has 1 aromatic carbocycles. The molecule has 0 saturated carbocycles. The van der Waals surface area contributed by atoms with Crippen LogP contribution in [0.3, 0.4) is 0 Å². The van der Waals surface area contributed by atoms with E-state index < -0.39 is 0 Å². The summed E-state index contributed by atoms with van der Waals surface area (Å²) in [5.41, 5.74) is 1.28. The summed E-state index contributed by atoms with van der Waals surface area (Å²) < 4.78 is 5.47. The van der Waals surface area contributed by atoms with Gasteiger partial charge in [0, 0.05) is 16.9 Å². The van der Waals surface area contributed by atoms with Crippen molar-refractivity contribution >= 4 is 24.2 Å². The van der Waals surface area contributed by atoms with Gasteiger partial charge in [-0.2, -0.15) is 12.6 Å². The van der Waals surface area contributed by atoms with Crippen molar-refractivity contribution in [2.24, 2.45) is 5.92 Å². The summed E-state index contributed by atoms with van der Waals surface area (Å²) in [7, 11) is 0. The molecule has 1 saturated heterocycles. The Balaban J connectivity index is 2.01. The quantitative estimate of drug-likeness (QED) is 0.784. The van der Waals surface area contributed by atoms with Crippen LogP contribution < -0.4 is 0 Å². The van der Waals surface area contributed by atoms with Gasteiger partial charge in [0.2, 0.25) is 0 Å². The molecule has 0 radical (unpaired) electrons. The molecule has 0 aromatic heterocycles. The van der Waals surface area contributed by atoms with Crippen molar-refractivity contribution in [3.8, 4) is 0 Å². The van der Waals surface area contributed by atoms with Gasteiger partial charge < -0.3 is 4.74 Å². The minimum Gasteiger partial charge on any atom is -0.381 e. The molecule has 0 unspecified atom stereocenters. The van der Waals surface area contributed by atoms with E-state index in [-0.39, 0.29) is 0 Å². The van der Waals surface area contributed by atoms with Gasteiger partial charge in [0.1, 0.15) is 0 Å². The van der Waals surface area contributed by atoms with E-state index in [1.165, 1.54) is 5.56 Å². The molecule has 1 fully saturated rings. The highest BCUT2D eigenvalue weighted by Crippen LogP contribution is 2.24. The Kier molecular flexibility index (Phi) is 3.95. The Bertz CT molecular complexity index is 329. The van der Waals surface area contributed by atoms with E-state index in [0.29, 0.717) is 11.2 Å². The van der Waals surface area contributed by atoms with Gasteiger partial charge in [0.05, 0.1) is 6.61 Å². The minimum atomic E-state index is 0.456. The van der Waals surface area contributed by atoms with Crippen LogP contribution in [0.25, 0.3) is 0 Å². The van der Waals surface area contributed by atoms with Crippen LogP contribution in [0.5, 0.6) is 0 Å². The molecular weight excluding hydrogens is 228 g/mol. The highest BCUT2D eigenvalue weighted by Gasteiger charge is 2.22. The summed E-state index contributed by atoms with van der Waals surface area (Å²) in [5.74, 6) is 0.514. The molecule has 0 spiro atoms. The van der Waals surface area contributed by atoms with E-state index in [9.17, 15) is 0 Å². The lowest BCUT2D eigenvalue weighted by Gasteiger charge is -2.28. The number of rotatable bonds is 2. The third kappa shape index (κ3) is 3.13. The standard InChI is InChI=1S/C12H15ClOS/c13-11-3-1-2-9(7-11)6-10-8-14-5-4-12(10)15/h1-3,7,10,12,15H,4-6,8H2/t10-,12-/m1/s1. The summed E-state index contributed by atoms with van der Waals surface area (Å²) in [6.07, 6.45) is 2.06. The molecule has 1 aromatic rings. The van der Waals surface area contributed by atoms with Gasteiger partial charge >= 0.3 is 0 Å². The largest absolute Gasteiger partial charge is 0.381 e. The first-order valence-electron chi connectivity index (χ1n) is 5.26. The van der Waals surface area contributed by atoms with E-state index in [4.69, 9.17) is 16.3 Å². The second kappa shape index (κ2) is 5.24. The number of halogens is 1. The predicted molar refractivity (Wildman–Crippen MR) is 66.9 cm³/mol. The lowest BCUT2D eigenvalue weighted by Crippen LogP contribution is -2.29. The number of benzene rings is 1. The topological polar surface area (TPSA) is 9.23 Å². The van der Waals surface area contributed by atoms with Gasteiger partial charge in [-0.1, -0.05) is 23.7 Å². The molecule has 0 N–H and O–H groups in total. The van der Waals surface area contributed by atoms with E-state index >= 15 is 0 Å². The first kappa shape index (κ1) is 11.3.